The standard InChI is InChI=1S/C12H22ClNO2/c1-3-5-9-8-14(7-6-11(9)15)12(16)10(13)4-2/h9-11,15H,3-8H2,1-2H3. The number of hydrogen-bond donors (Lipinski definition) is 1. The number of alkyl halides is 1. The first-order valence-electron chi connectivity index (χ1n) is 6.21. The summed E-state index contributed by atoms with van der Waals surface area (Å²) in [5, 5.41) is 9.42. The van der Waals surface area contributed by atoms with E-state index in [1.165, 1.54) is 0 Å². The van der Waals surface area contributed by atoms with E-state index in [0.29, 0.717) is 25.9 Å². The Hall–Kier alpha value is -0.280. The van der Waals surface area contributed by atoms with E-state index in [1.807, 2.05) is 11.8 Å². The van der Waals surface area contributed by atoms with Gasteiger partial charge in [0.25, 0.3) is 0 Å². The molecular weight excluding hydrogens is 226 g/mol. The van der Waals surface area contributed by atoms with Crippen LogP contribution in [0.3, 0.4) is 0 Å². The van der Waals surface area contributed by atoms with Gasteiger partial charge in [0.15, 0.2) is 0 Å². The molecule has 0 aromatic carbocycles. The molecule has 1 heterocycles. The normalized spacial score (nSPS) is 27.9. The third-order valence-corrected chi connectivity index (χ3v) is 3.79. The predicted octanol–water partition coefficient (Wildman–Crippen LogP) is 2.01. The first-order chi connectivity index (χ1) is 7.60. The van der Waals surface area contributed by atoms with Crippen molar-refractivity contribution >= 4 is 17.5 Å². The van der Waals surface area contributed by atoms with Crippen molar-refractivity contribution in [2.24, 2.45) is 5.92 Å². The number of nitrogens with zero attached hydrogens (tertiary/aromatic N) is 1. The summed E-state index contributed by atoms with van der Waals surface area (Å²) < 4.78 is 0. The second kappa shape index (κ2) is 6.45. The Balaban J connectivity index is 2.54. The molecule has 1 fully saturated rings. The minimum Gasteiger partial charge on any atom is -0.393 e. The fourth-order valence-corrected chi connectivity index (χ4v) is 2.39. The molecule has 1 aliphatic rings. The van der Waals surface area contributed by atoms with Gasteiger partial charge in [0, 0.05) is 19.0 Å². The molecule has 0 bridgehead atoms. The molecule has 0 radical (unpaired) electrons. The van der Waals surface area contributed by atoms with Crippen molar-refractivity contribution in [2.45, 2.75) is 51.0 Å². The van der Waals surface area contributed by atoms with E-state index in [4.69, 9.17) is 11.6 Å². The Labute approximate surface area is 103 Å². The topological polar surface area (TPSA) is 40.5 Å². The second-order valence-corrected chi connectivity index (χ2v) is 5.09. The molecule has 3 nitrogen and oxygen atoms in total. The smallest absolute Gasteiger partial charge is 0.240 e. The quantitative estimate of drug-likeness (QED) is 0.773. The van der Waals surface area contributed by atoms with Crippen LogP contribution in [0.15, 0.2) is 0 Å². The summed E-state index contributed by atoms with van der Waals surface area (Å²) in [5.41, 5.74) is 0. The van der Waals surface area contributed by atoms with Gasteiger partial charge < -0.3 is 10.0 Å². The minimum absolute atomic E-state index is 0.0252. The maximum atomic E-state index is 11.9. The molecule has 1 N–H and O–H groups in total. The average Bonchev–Trinajstić information content (AvgIpc) is 2.30. The van der Waals surface area contributed by atoms with Crippen molar-refractivity contribution in [1.82, 2.24) is 4.90 Å². The molecule has 94 valence electrons. The van der Waals surface area contributed by atoms with Crippen LogP contribution < -0.4 is 0 Å². The molecule has 0 saturated carbocycles. The van der Waals surface area contributed by atoms with Crippen LogP contribution in [0.5, 0.6) is 0 Å². The summed E-state index contributed by atoms with van der Waals surface area (Å²) in [4.78, 5) is 13.7. The number of aliphatic hydroxyl groups excluding tert-OH is 1. The van der Waals surface area contributed by atoms with Crippen LogP contribution in [-0.4, -0.2) is 40.5 Å². The molecule has 3 unspecified atom stereocenters. The van der Waals surface area contributed by atoms with Crippen LogP contribution >= 0.6 is 11.6 Å². The molecule has 0 aromatic rings. The van der Waals surface area contributed by atoms with Crippen LogP contribution in [0, 0.1) is 5.92 Å². The summed E-state index contributed by atoms with van der Waals surface area (Å²) >= 11 is 5.96. The van der Waals surface area contributed by atoms with Crippen LogP contribution in [-0.2, 0) is 4.79 Å². The van der Waals surface area contributed by atoms with Gasteiger partial charge in [-0.25, -0.2) is 0 Å². The van der Waals surface area contributed by atoms with E-state index in [-0.39, 0.29) is 17.9 Å². The highest BCUT2D eigenvalue weighted by Crippen LogP contribution is 2.23. The van der Waals surface area contributed by atoms with Crippen LogP contribution in [0.4, 0.5) is 0 Å². The second-order valence-electron chi connectivity index (χ2n) is 4.56. The Morgan fingerprint density at radius 2 is 2.25 bits per heavy atom. The predicted molar refractivity (Wildman–Crippen MR) is 65.5 cm³/mol. The van der Waals surface area contributed by atoms with Crippen molar-refractivity contribution in [2.75, 3.05) is 13.1 Å². The van der Waals surface area contributed by atoms with E-state index in [0.717, 1.165) is 12.8 Å². The third-order valence-electron chi connectivity index (χ3n) is 3.29. The maximum absolute atomic E-state index is 11.9. The summed E-state index contributed by atoms with van der Waals surface area (Å²) in [6.07, 6.45) is 3.12. The molecule has 1 rings (SSSR count). The Morgan fingerprint density at radius 3 is 2.81 bits per heavy atom. The molecule has 0 spiro atoms. The van der Waals surface area contributed by atoms with Crippen LogP contribution in [0.25, 0.3) is 0 Å². The summed E-state index contributed by atoms with van der Waals surface area (Å²) in [7, 11) is 0. The van der Waals surface area contributed by atoms with Gasteiger partial charge in [-0.1, -0.05) is 20.3 Å². The van der Waals surface area contributed by atoms with E-state index < -0.39 is 5.38 Å². The van der Waals surface area contributed by atoms with Gasteiger partial charge in [-0.05, 0) is 19.3 Å². The van der Waals surface area contributed by atoms with Crippen LogP contribution in [0.2, 0.25) is 0 Å². The van der Waals surface area contributed by atoms with E-state index in [9.17, 15) is 9.90 Å². The number of likely N-dealkylation sites (tertiary alicyclic amines) is 1. The SMILES string of the molecule is CCCC1CN(C(=O)C(Cl)CC)CCC1O. The molecule has 1 saturated heterocycles. The number of aliphatic hydroxyl groups is 1. The fraction of sp³-hybridized carbons (Fsp3) is 0.917. The minimum atomic E-state index is -0.405. The number of carbonyl (C=O) groups excluding carboxylic acids is 1. The summed E-state index contributed by atoms with van der Waals surface area (Å²) in [6.45, 7) is 5.32. The molecular formula is C12H22ClNO2. The van der Waals surface area contributed by atoms with Gasteiger partial charge in [-0.2, -0.15) is 0 Å². The molecule has 16 heavy (non-hydrogen) atoms. The van der Waals surface area contributed by atoms with Gasteiger partial charge in [-0.15, -0.1) is 11.6 Å². The highest BCUT2D eigenvalue weighted by molar-refractivity contribution is 6.30. The van der Waals surface area contributed by atoms with Gasteiger partial charge in [0.05, 0.1) is 6.10 Å². The number of hydrogen-bond acceptors (Lipinski definition) is 2. The first kappa shape index (κ1) is 13.8. The van der Waals surface area contributed by atoms with E-state index >= 15 is 0 Å². The largest absolute Gasteiger partial charge is 0.393 e. The summed E-state index contributed by atoms with van der Waals surface area (Å²) in [5.74, 6) is 0.251. The number of piperidine rings is 1. The number of rotatable bonds is 4. The fourth-order valence-electron chi connectivity index (χ4n) is 2.25. The number of amides is 1. The highest BCUT2D eigenvalue weighted by atomic mass is 35.5. The average molecular weight is 248 g/mol. The monoisotopic (exact) mass is 247 g/mol. The highest BCUT2D eigenvalue weighted by Gasteiger charge is 2.31. The Morgan fingerprint density at radius 1 is 1.56 bits per heavy atom. The van der Waals surface area contributed by atoms with Gasteiger partial charge in [0.1, 0.15) is 5.38 Å². The summed E-state index contributed by atoms with van der Waals surface area (Å²) in [6, 6.07) is 0. The zero-order valence-electron chi connectivity index (χ0n) is 10.2. The molecule has 1 aliphatic heterocycles. The molecule has 1 amide bonds. The zero-order chi connectivity index (χ0) is 12.1. The van der Waals surface area contributed by atoms with Gasteiger partial charge in [0.2, 0.25) is 5.91 Å². The lowest BCUT2D eigenvalue weighted by Crippen LogP contribution is -2.48. The lowest BCUT2D eigenvalue weighted by molar-refractivity contribution is -0.134. The molecule has 3 atom stereocenters. The molecule has 0 aliphatic carbocycles. The van der Waals surface area contributed by atoms with Crippen molar-refractivity contribution in [3.05, 3.63) is 0 Å². The Kier molecular flexibility index (Phi) is 5.56. The van der Waals surface area contributed by atoms with Gasteiger partial charge >= 0.3 is 0 Å². The number of carbonyl (C=O) groups is 1. The Bertz CT molecular complexity index is 235. The van der Waals surface area contributed by atoms with Crippen LogP contribution in [0.1, 0.15) is 39.5 Å². The third kappa shape index (κ3) is 3.36. The van der Waals surface area contributed by atoms with Crippen molar-refractivity contribution < 1.29 is 9.90 Å². The van der Waals surface area contributed by atoms with E-state index in [1.54, 1.807) is 0 Å². The lowest BCUT2D eigenvalue weighted by atomic mass is 9.90. The zero-order valence-corrected chi connectivity index (χ0v) is 10.9. The maximum Gasteiger partial charge on any atom is 0.240 e. The van der Waals surface area contributed by atoms with Crippen molar-refractivity contribution in [3.63, 3.8) is 0 Å². The van der Waals surface area contributed by atoms with E-state index in [2.05, 4.69) is 6.92 Å². The van der Waals surface area contributed by atoms with Crippen molar-refractivity contribution in [3.8, 4) is 0 Å². The first-order valence-corrected chi connectivity index (χ1v) is 6.64. The van der Waals surface area contributed by atoms with Crippen molar-refractivity contribution in [1.29, 1.82) is 0 Å². The van der Waals surface area contributed by atoms with Gasteiger partial charge in [-0.3, -0.25) is 4.79 Å². The molecule has 0 aromatic heterocycles. The lowest BCUT2D eigenvalue weighted by Gasteiger charge is -2.37. The number of halogens is 1. The molecule has 4 heteroatoms.